The maximum atomic E-state index is 11.2. The van der Waals surface area contributed by atoms with Gasteiger partial charge in [0.05, 0.1) is 12.0 Å². The SMILES string of the molecule is O=C1N[C@H]([C@H](Cc2ccccc2)C(=O)O)CO1. The largest absolute Gasteiger partial charge is 0.481 e. The van der Waals surface area contributed by atoms with E-state index in [4.69, 9.17) is 4.74 Å². The molecular formula is C12H13NO4. The second-order valence-corrected chi connectivity index (χ2v) is 3.98. The lowest BCUT2D eigenvalue weighted by atomic mass is 9.93. The van der Waals surface area contributed by atoms with E-state index in [-0.39, 0.29) is 6.61 Å². The summed E-state index contributed by atoms with van der Waals surface area (Å²) in [7, 11) is 0. The number of alkyl carbamates (subject to hydrolysis) is 1. The molecule has 2 atom stereocenters. The number of nitrogens with one attached hydrogen (secondary N) is 1. The van der Waals surface area contributed by atoms with Gasteiger partial charge in [-0.25, -0.2) is 4.79 Å². The number of cyclic esters (lactones) is 1. The minimum atomic E-state index is -0.926. The molecule has 1 heterocycles. The van der Waals surface area contributed by atoms with Crippen molar-refractivity contribution in [3.05, 3.63) is 35.9 Å². The van der Waals surface area contributed by atoms with Gasteiger partial charge in [0.25, 0.3) is 0 Å². The Hall–Kier alpha value is -2.04. The van der Waals surface area contributed by atoms with Gasteiger partial charge in [0.2, 0.25) is 0 Å². The summed E-state index contributed by atoms with van der Waals surface area (Å²) in [5.41, 5.74) is 0.932. The van der Waals surface area contributed by atoms with Crippen molar-refractivity contribution in [2.24, 2.45) is 5.92 Å². The van der Waals surface area contributed by atoms with Crippen molar-refractivity contribution in [3.8, 4) is 0 Å². The van der Waals surface area contributed by atoms with E-state index in [1.165, 1.54) is 0 Å². The molecule has 17 heavy (non-hydrogen) atoms. The number of ether oxygens (including phenoxy) is 1. The summed E-state index contributed by atoms with van der Waals surface area (Å²) in [5.74, 6) is -1.59. The van der Waals surface area contributed by atoms with E-state index >= 15 is 0 Å². The third-order valence-corrected chi connectivity index (χ3v) is 2.80. The molecule has 0 aliphatic carbocycles. The van der Waals surface area contributed by atoms with Crippen LogP contribution < -0.4 is 5.32 Å². The van der Waals surface area contributed by atoms with Gasteiger partial charge in [0.15, 0.2) is 0 Å². The van der Waals surface area contributed by atoms with Gasteiger partial charge in [0.1, 0.15) is 6.61 Å². The monoisotopic (exact) mass is 235 g/mol. The van der Waals surface area contributed by atoms with Crippen LogP contribution in [-0.4, -0.2) is 29.8 Å². The van der Waals surface area contributed by atoms with Crippen molar-refractivity contribution in [1.29, 1.82) is 0 Å². The summed E-state index contributed by atoms with van der Waals surface area (Å²) in [4.78, 5) is 22.1. The minimum absolute atomic E-state index is 0.114. The number of carbonyl (C=O) groups excluding carboxylic acids is 1. The summed E-state index contributed by atoms with van der Waals surface area (Å²) in [6, 6.07) is 8.87. The summed E-state index contributed by atoms with van der Waals surface area (Å²) < 4.78 is 4.72. The van der Waals surface area contributed by atoms with Crippen LogP contribution in [0.1, 0.15) is 5.56 Å². The van der Waals surface area contributed by atoms with Crippen molar-refractivity contribution in [1.82, 2.24) is 5.32 Å². The Morgan fingerprint density at radius 1 is 1.47 bits per heavy atom. The summed E-state index contributed by atoms with van der Waals surface area (Å²) in [5, 5.41) is 11.7. The zero-order valence-corrected chi connectivity index (χ0v) is 9.13. The molecule has 1 fully saturated rings. The third kappa shape index (κ3) is 2.75. The van der Waals surface area contributed by atoms with Crippen LogP contribution in [0.15, 0.2) is 30.3 Å². The lowest BCUT2D eigenvalue weighted by Crippen LogP contribution is -2.39. The second kappa shape index (κ2) is 4.86. The number of aliphatic carboxylic acids is 1. The van der Waals surface area contributed by atoms with E-state index in [1.54, 1.807) is 0 Å². The van der Waals surface area contributed by atoms with Crippen molar-refractivity contribution in [2.75, 3.05) is 6.61 Å². The summed E-state index contributed by atoms with van der Waals surface area (Å²) >= 11 is 0. The molecule has 0 saturated carbocycles. The molecule has 0 spiro atoms. The predicted molar refractivity (Wildman–Crippen MR) is 59.5 cm³/mol. The molecule has 90 valence electrons. The minimum Gasteiger partial charge on any atom is -0.481 e. The van der Waals surface area contributed by atoms with Gasteiger partial charge in [-0.15, -0.1) is 0 Å². The number of carboxylic acids is 1. The van der Waals surface area contributed by atoms with Gasteiger partial charge in [-0.2, -0.15) is 0 Å². The fourth-order valence-corrected chi connectivity index (χ4v) is 1.89. The normalized spacial score (nSPS) is 20.5. The first-order valence-electron chi connectivity index (χ1n) is 5.37. The van der Waals surface area contributed by atoms with Gasteiger partial charge >= 0.3 is 12.1 Å². The molecule has 1 amide bonds. The summed E-state index contributed by atoms with van der Waals surface area (Å²) in [6.07, 6.45) is -0.167. The van der Waals surface area contributed by atoms with Crippen LogP contribution in [0.25, 0.3) is 0 Å². The summed E-state index contributed by atoms with van der Waals surface area (Å²) in [6.45, 7) is 0.114. The fourth-order valence-electron chi connectivity index (χ4n) is 1.89. The van der Waals surface area contributed by atoms with Crippen molar-refractivity contribution < 1.29 is 19.4 Å². The van der Waals surface area contributed by atoms with Crippen LogP contribution >= 0.6 is 0 Å². The van der Waals surface area contributed by atoms with Crippen LogP contribution in [0.3, 0.4) is 0 Å². The zero-order valence-electron chi connectivity index (χ0n) is 9.13. The molecule has 0 radical (unpaired) electrons. The molecule has 1 aliphatic rings. The Bertz CT molecular complexity index is 418. The smallest absolute Gasteiger partial charge is 0.407 e. The molecule has 1 aromatic carbocycles. The molecule has 2 N–H and O–H groups in total. The van der Waals surface area contributed by atoms with Gasteiger partial charge in [-0.05, 0) is 12.0 Å². The Labute approximate surface area is 98.4 Å². The Morgan fingerprint density at radius 2 is 2.18 bits per heavy atom. The molecule has 5 nitrogen and oxygen atoms in total. The lowest BCUT2D eigenvalue weighted by molar-refractivity contribution is -0.142. The highest BCUT2D eigenvalue weighted by atomic mass is 16.6. The Balaban J connectivity index is 2.08. The highest BCUT2D eigenvalue weighted by Crippen LogP contribution is 2.16. The molecule has 1 aromatic rings. The maximum Gasteiger partial charge on any atom is 0.407 e. The molecule has 5 heteroatoms. The number of carboxylic acid groups (broad SMARTS) is 1. The first kappa shape index (κ1) is 11.4. The number of benzene rings is 1. The van der Waals surface area contributed by atoms with Crippen molar-refractivity contribution in [2.45, 2.75) is 12.5 Å². The molecule has 0 aromatic heterocycles. The Kier molecular flexibility index (Phi) is 3.27. The lowest BCUT2D eigenvalue weighted by Gasteiger charge is -2.17. The highest BCUT2D eigenvalue weighted by molar-refractivity contribution is 5.75. The van der Waals surface area contributed by atoms with Gasteiger partial charge < -0.3 is 15.2 Å². The predicted octanol–water partition coefficient (Wildman–Crippen LogP) is 1.04. The van der Waals surface area contributed by atoms with Crippen LogP contribution in [0.4, 0.5) is 4.79 Å². The second-order valence-electron chi connectivity index (χ2n) is 3.98. The third-order valence-electron chi connectivity index (χ3n) is 2.80. The van der Waals surface area contributed by atoms with Crippen LogP contribution in [0.5, 0.6) is 0 Å². The Morgan fingerprint density at radius 3 is 2.71 bits per heavy atom. The standard InChI is InChI=1S/C12H13NO4/c14-11(15)9(10-7-17-12(16)13-10)6-8-4-2-1-3-5-8/h1-5,9-10H,6-7H2,(H,13,16)(H,14,15)/t9-,10-/m0/s1. The van der Waals surface area contributed by atoms with E-state index in [9.17, 15) is 14.7 Å². The average Bonchev–Trinajstić information content (AvgIpc) is 2.73. The van der Waals surface area contributed by atoms with E-state index in [1.807, 2.05) is 30.3 Å². The zero-order chi connectivity index (χ0) is 12.3. The number of amides is 1. The number of rotatable bonds is 4. The molecular weight excluding hydrogens is 222 g/mol. The molecule has 1 saturated heterocycles. The van der Waals surface area contributed by atoms with E-state index in [2.05, 4.69) is 5.32 Å². The van der Waals surface area contributed by atoms with E-state index in [0.717, 1.165) is 5.56 Å². The number of hydrogen-bond acceptors (Lipinski definition) is 3. The van der Waals surface area contributed by atoms with Gasteiger partial charge in [-0.1, -0.05) is 30.3 Å². The highest BCUT2D eigenvalue weighted by Gasteiger charge is 2.34. The topological polar surface area (TPSA) is 75.6 Å². The van der Waals surface area contributed by atoms with E-state index < -0.39 is 24.0 Å². The number of hydrogen-bond donors (Lipinski definition) is 2. The van der Waals surface area contributed by atoms with Gasteiger partial charge in [0, 0.05) is 0 Å². The molecule has 0 unspecified atom stereocenters. The van der Waals surface area contributed by atoms with Crippen LogP contribution in [-0.2, 0) is 16.0 Å². The molecule has 2 rings (SSSR count). The van der Waals surface area contributed by atoms with Crippen molar-refractivity contribution in [3.63, 3.8) is 0 Å². The quantitative estimate of drug-likeness (QED) is 0.817. The first-order chi connectivity index (χ1) is 8.16. The maximum absolute atomic E-state index is 11.2. The average molecular weight is 235 g/mol. The molecule has 1 aliphatic heterocycles. The van der Waals surface area contributed by atoms with Crippen LogP contribution in [0.2, 0.25) is 0 Å². The fraction of sp³-hybridized carbons (Fsp3) is 0.333. The van der Waals surface area contributed by atoms with E-state index in [0.29, 0.717) is 6.42 Å². The van der Waals surface area contributed by atoms with Crippen LogP contribution in [0, 0.1) is 5.92 Å². The first-order valence-corrected chi connectivity index (χ1v) is 5.37. The van der Waals surface area contributed by atoms with Crippen molar-refractivity contribution >= 4 is 12.1 Å². The molecule has 0 bridgehead atoms. The van der Waals surface area contributed by atoms with Gasteiger partial charge in [-0.3, -0.25) is 4.79 Å². The number of carbonyl (C=O) groups is 2.